The summed E-state index contributed by atoms with van der Waals surface area (Å²) >= 11 is 0. The molecule has 2 atom stereocenters. The molecule has 2 heterocycles. The Morgan fingerprint density at radius 1 is 1.44 bits per heavy atom. The standard InChI is InChI=1S/C10H11F2N5O/c11-10(12)1-5(2-18)7(10)17-4-16-6-8(13)14-3-15-9(6)17/h3-5,7,18H,1-2H2,(H2,13,14,15). The molecule has 2 aromatic heterocycles. The third kappa shape index (κ3) is 1.38. The molecular weight excluding hydrogens is 244 g/mol. The van der Waals surface area contributed by atoms with Crippen molar-refractivity contribution in [2.45, 2.75) is 18.4 Å². The lowest BCUT2D eigenvalue weighted by Crippen LogP contribution is -2.49. The van der Waals surface area contributed by atoms with Crippen molar-refractivity contribution in [2.75, 3.05) is 12.3 Å². The van der Waals surface area contributed by atoms with Crippen molar-refractivity contribution in [3.05, 3.63) is 12.7 Å². The molecule has 1 fully saturated rings. The van der Waals surface area contributed by atoms with Crippen LogP contribution in [-0.2, 0) is 0 Å². The van der Waals surface area contributed by atoms with Crippen molar-refractivity contribution in [3.8, 4) is 0 Å². The van der Waals surface area contributed by atoms with Crippen molar-refractivity contribution in [1.82, 2.24) is 19.5 Å². The van der Waals surface area contributed by atoms with Crippen molar-refractivity contribution < 1.29 is 13.9 Å². The Morgan fingerprint density at radius 2 is 2.22 bits per heavy atom. The van der Waals surface area contributed by atoms with Crippen LogP contribution in [0.4, 0.5) is 14.6 Å². The van der Waals surface area contributed by atoms with E-state index in [1.165, 1.54) is 17.2 Å². The highest BCUT2D eigenvalue weighted by molar-refractivity contribution is 5.81. The van der Waals surface area contributed by atoms with E-state index in [0.717, 1.165) is 0 Å². The van der Waals surface area contributed by atoms with Gasteiger partial charge in [-0.1, -0.05) is 0 Å². The van der Waals surface area contributed by atoms with E-state index in [2.05, 4.69) is 15.0 Å². The Bertz CT molecular complexity index is 599. The van der Waals surface area contributed by atoms with Crippen LogP contribution in [0.2, 0.25) is 0 Å². The maximum Gasteiger partial charge on any atom is 0.269 e. The molecule has 1 aliphatic carbocycles. The minimum absolute atomic E-state index is 0.155. The molecule has 0 radical (unpaired) electrons. The van der Waals surface area contributed by atoms with Gasteiger partial charge in [0.15, 0.2) is 11.5 Å². The smallest absolute Gasteiger partial charge is 0.269 e. The predicted molar refractivity (Wildman–Crippen MR) is 58.9 cm³/mol. The summed E-state index contributed by atoms with van der Waals surface area (Å²) in [4.78, 5) is 11.6. The second-order valence-electron chi connectivity index (χ2n) is 4.44. The number of fused-ring (bicyclic) bond motifs is 1. The topological polar surface area (TPSA) is 89.9 Å². The van der Waals surface area contributed by atoms with Gasteiger partial charge in [-0.05, 0) is 0 Å². The Balaban J connectivity index is 2.12. The summed E-state index contributed by atoms with van der Waals surface area (Å²) in [5, 5.41) is 9.09. The number of aromatic nitrogens is 4. The number of halogens is 2. The molecule has 1 aliphatic rings. The Labute approximate surface area is 100 Å². The molecule has 0 aromatic carbocycles. The van der Waals surface area contributed by atoms with Crippen molar-refractivity contribution in [1.29, 1.82) is 0 Å². The maximum absolute atomic E-state index is 13.6. The summed E-state index contributed by atoms with van der Waals surface area (Å²) in [5.41, 5.74) is 6.17. The van der Waals surface area contributed by atoms with Gasteiger partial charge in [-0.3, -0.25) is 0 Å². The minimum Gasteiger partial charge on any atom is -0.396 e. The third-order valence-corrected chi connectivity index (χ3v) is 3.33. The van der Waals surface area contributed by atoms with Crippen LogP contribution in [0.5, 0.6) is 0 Å². The quantitative estimate of drug-likeness (QED) is 0.820. The first-order chi connectivity index (χ1) is 8.54. The van der Waals surface area contributed by atoms with E-state index in [9.17, 15) is 8.78 Å². The molecule has 0 bridgehead atoms. The van der Waals surface area contributed by atoms with Crippen LogP contribution < -0.4 is 5.73 Å². The molecule has 2 aromatic rings. The number of nitrogens with zero attached hydrogens (tertiary/aromatic N) is 4. The maximum atomic E-state index is 13.6. The van der Waals surface area contributed by atoms with Gasteiger partial charge in [-0.2, -0.15) is 0 Å². The lowest BCUT2D eigenvalue weighted by molar-refractivity contribution is -0.171. The number of nitrogens with two attached hydrogens (primary N) is 1. The van der Waals surface area contributed by atoms with Gasteiger partial charge in [-0.15, -0.1) is 0 Å². The average molecular weight is 255 g/mol. The Hall–Kier alpha value is -1.83. The monoisotopic (exact) mass is 255 g/mol. The molecule has 8 heteroatoms. The summed E-state index contributed by atoms with van der Waals surface area (Å²) < 4.78 is 28.5. The van der Waals surface area contributed by atoms with Crippen LogP contribution >= 0.6 is 0 Å². The fraction of sp³-hybridized carbons (Fsp3) is 0.500. The van der Waals surface area contributed by atoms with Crippen LogP contribution in [0, 0.1) is 5.92 Å². The Kier molecular flexibility index (Phi) is 2.24. The van der Waals surface area contributed by atoms with Crippen molar-refractivity contribution in [3.63, 3.8) is 0 Å². The summed E-state index contributed by atoms with van der Waals surface area (Å²) in [6.45, 7) is -0.291. The SMILES string of the molecule is Nc1ncnc2c1ncn2C1C(CO)CC1(F)F. The Morgan fingerprint density at radius 3 is 2.89 bits per heavy atom. The molecule has 3 N–H and O–H groups in total. The minimum atomic E-state index is -2.86. The second kappa shape index (κ2) is 3.58. The summed E-state index contributed by atoms with van der Waals surface area (Å²) in [5.74, 6) is -3.20. The van der Waals surface area contributed by atoms with Gasteiger partial charge in [0.25, 0.3) is 5.92 Å². The second-order valence-corrected chi connectivity index (χ2v) is 4.44. The van der Waals surface area contributed by atoms with E-state index in [1.54, 1.807) is 0 Å². The fourth-order valence-corrected chi connectivity index (χ4v) is 2.43. The largest absolute Gasteiger partial charge is 0.396 e. The number of hydrogen-bond donors (Lipinski definition) is 2. The number of aliphatic hydroxyl groups excluding tert-OH is 1. The molecule has 0 amide bonds. The first kappa shape index (κ1) is 11.3. The highest BCUT2D eigenvalue weighted by atomic mass is 19.3. The van der Waals surface area contributed by atoms with Gasteiger partial charge >= 0.3 is 0 Å². The lowest BCUT2D eigenvalue weighted by atomic mass is 9.76. The molecule has 2 unspecified atom stereocenters. The zero-order chi connectivity index (χ0) is 12.9. The van der Waals surface area contributed by atoms with Crippen LogP contribution in [0.25, 0.3) is 11.2 Å². The highest BCUT2D eigenvalue weighted by Gasteiger charge is 2.57. The normalized spacial score (nSPS) is 26.2. The van der Waals surface area contributed by atoms with Crippen molar-refractivity contribution in [2.24, 2.45) is 5.92 Å². The predicted octanol–water partition coefficient (Wildman–Crippen LogP) is 0.597. The van der Waals surface area contributed by atoms with Crippen LogP contribution in [0.3, 0.4) is 0 Å². The van der Waals surface area contributed by atoms with Crippen molar-refractivity contribution >= 4 is 17.0 Å². The van der Waals surface area contributed by atoms with Gasteiger partial charge in [-0.25, -0.2) is 23.7 Å². The molecule has 18 heavy (non-hydrogen) atoms. The van der Waals surface area contributed by atoms with Crippen LogP contribution in [-0.4, -0.2) is 37.2 Å². The first-order valence-electron chi connectivity index (χ1n) is 5.46. The molecule has 0 saturated heterocycles. The zero-order valence-corrected chi connectivity index (χ0v) is 9.29. The number of aliphatic hydroxyl groups is 1. The number of imidazole rings is 1. The van der Waals surface area contributed by atoms with Gasteiger partial charge in [0.2, 0.25) is 0 Å². The highest BCUT2D eigenvalue weighted by Crippen LogP contribution is 2.51. The zero-order valence-electron chi connectivity index (χ0n) is 9.29. The van der Waals surface area contributed by atoms with Crippen LogP contribution in [0.1, 0.15) is 12.5 Å². The molecule has 96 valence electrons. The first-order valence-corrected chi connectivity index (χ1v) is 5.46. The molecule has 0 aliphatic heterocycles. The van der Waals surface area contributed by atoms with E-state index in [-0.39, 0.29) is 24.5 Å². The van der Waals surface area contributed by atoms with Gasteiger partial charge < -0.3 is 15.4 Å². The number of anilines is 1. The lowest BCUT2D eigenvalue weighted by Gasteiger charge is -2.44. The molecule has 0 spiro atoms. The molecule has 1 saturated carbocycles. The number of rotatable bonds is 2. The van der Waals surface area contributed by atoms with Crippen LogP contribution in [0.15, 0.2) is 12.7 Å². The van der Waals surface area contributed by atoms with E-state index < -0.39 is 17.9 Å². The van der Waals surface area contributed by atoms with Gasteiger partial charge in [0.1, 0.15) is 17.9 Å². The molecule has 3 rings (SSSR count). The van der Waals surface area contributed by atoms with E-state index in [1.807, 2.05) is 0 Å². The summed E-state index contributed by atoms with van der Waals surface area (Å²) in [6, 6.07) is -1.12. The number of nitrogen functional groups attached to an aromatic ring is 1. The fourth-order valence-electron chi connectivity index (χ4n) is 2.43. The van der Waals surface area contributed by atoms with Gasteiger partial charge in [0, 0.05) is 18.9 Å². The third-order valence-electron chi connectivity index (χ3n) is 3.33. The summed E-state index contributed by atoms with van der Waals surface area (Å²) in [7, 11) is 0. The number of alkyl halides is 2. The summed E-state index contributed by atoms with van der Waals surface area (Å²) in [6.07, 6.45) is 2.16. The van der Waals surface area contributed by atoms with E-state index in [4.69, 9.17) is 10.8 Å². The number of hydrogen-bond acceptors (Lipinski definition) is 5. The molecular formula is C10H11F2N5O. The molecule has 6 nitrogen and oxygen atoms in total. The van der Waals surface area contributed by atoms with E-state index >= 15 is 0 Å². The average Bonchev–Trinajstić information content (AvgIpc) is 2.72. The van der Waals surface area contributed by atoms with E-state index in [0.29, 0.717) is 5.52 Å². The van der Waals surface area contributed by atoms with Gasteiger partial charge in [0.05, 0.1) is 6.33 Å².